The van der Waals surface area contributed by atoms with Crippen LogP contribution in [0.15, 0.2) is 9.42 Å². The van der Waals surface area contributed by atoms with Crippen molar-refractivity contribution in [2.45, 2.75) is 31.7 Å². The fourth-order valence-electron chi connectivity index (χ4n) is 2.09. The molecule has 0 aromatic carbocycles. The molecule has 1 fully saturated rings. The van der Waals surface area contributed by atoms with Gasteiger partial charge in [-0.1, -0.05) is 5.16 Å². The summed E-state index contributed by atoms with van der Waals surface area (Å²) in [5.74, 6) is 0.355. The first-order valence-electron chi connectivity index (χ1n) is 5.59. The normalized spacial score (nSPS) is 21.6. The van der Waals surface area contributed by atoms with Crippen LogP contribution in [0.25, 0.3) is 0 Å². The molecule has 0 radical (unpaired) electrons. The van der Waals surface area contributed by atoms with Gasteiger partial charge in [0.1, 0.15) is 10.6 Å². The highest BCUT2D eigenvalue weighted by Gasteiger charge is 2.33. The molecule has 104 valence electrons. The number of nitrogens with one attached hydrogen (secondary N) is 1. The molecule has 0 amide bonds. The van der Waals surface area contributed by atoms with E-state index in [0.717, 1.165) is 0 Å². The minimum atomic E-state index is -3.48. The molecule has 2 heterocycles. The van der Waals surface area contributed by atoms with Crippen LogP contribution in [0.3, 0.4) is 0 Å². The Morgan fingerprint density at radius 3 is 2.61 bits per heavy atom. The fraction of sp³-hybridized carbons (Fsp3) is 0.700. The Labute approximate surface area is 113 Å². The number of hydrogen-bond donors (Lipinski definition) is 1. The molecule has 1 saturated heterocycles. The van der Waals surface area contributed by atoms with E-state index >= 15 is 0 Å². The lowest BCUT2D eigenvalue weighted by Gasteiger charge is -2.30. The van der Waals surface area contributed by atoms with Crippen LogP contribution in [0.1, 0.15) is 18.4 Å². The van der Waals surface area contributed by atoms with Crippen molar-refractivity contribution < 1.29 is 12.9 Å². The van der Waals surface area contributed by atoms with Gasteiger partial charge in [-0.15, -0.1) is 12.4 Å². The standard InChI is InChI=1S/C10H17N3O3S.ClH/c1-7-6-13(5-4-11-7)17(14,15)10-8(2)12-16-9(10)3;/h7,11H,4-6H2,1-3H3;1H/t7-;/m0./s1. The number of hydrogen-bond acceptors (Lipinski definition) is 5. The van der Waals surface area contributed by atoms with Gasteiger partial charge in [0.05, 0.1) is 0 Å². The zero-order chi connectivity index (χ0) is 12.6. The van der Waals surface area contributed by atoms with Crippen molar-refractivity contribution in [3.63, 3.8) is 0 Å². The second-order valence-electron chi connectivity index (χ2n) is 4.37. The molecule has 8 heteroatoms. The number of halogens is 1. The summed E-state index contributed by atoms with van der Waals surface area (Å²) < 4.78 is 31.3. The smallest absolute Gasteiger partial charge is 0.248 e. The van der Waals surface area contributed by atoms with E-state index in [-0.39, 0.29) is 23.3 Å². The number of piperazine rings is 1. The van der Waals surface area contributed by atoms with E-state index in [2.05, 4.69) is 10.5 Å². The third-order valence-electron chi connectivity index (χ3n) is 2.90. The molecule has 1 aromatic heterocycles. The van der Waals surface area contributed by atoms with E-state index in [1.807, 2.05) is 6.92 Å². The van der Waals surface area contributed by atoms with Gasteiger partial charge >= 0.3 is 0 Å². The number of aromatic nitrogens is 1. The third kappa shape index (κ3) is 2.69. The van der Waals surface area contributed by atoms with Gasteiger partial charge in [-0.3, -0.25) is 0 Å². The van der Waals surface area contributed by atoms with Crippen molar-refractivity contribution in [1.82, 2.24) is 14.8 Å². The predicted octanol–water partition coefficient (Wildman–Crippen LogP) is 0.696. The summed E-state index contributed by atoms with van der Waals surface area (Å²) in [4.78, 5) is 0.214. The first kappa shape index (κ1) is 15.4. The van der Waals surface area contributed by atoms with Gasteiger partial charge < -0.3 is 9.84 Å². The Morgan fingerprint density at radius 2 is 2.11 bits per heavy atom. The quantitative estimate of drug-likeness (QED) is 0.869. The monoisotopic (exact) mass is 295 g/mol. The Kier molecular flexibility index (Phi) is 4.77. The summed E-state index contributed by atoms with van der Waals surface area (Å²) in [6.07, 6.45) is 0. The average Bonchev–Trinajstić information content (AvgIpc) is 2.59. The second kappa shape index (κ2) is 5.56. The van der Waals surface area contributed by atoms with E-state index < -0.39 is 10.0 Å². The first-order valence-corrected chi connectivity index (χ1v) is 7.03. The lowest BCUT2D eigenvalue weighted by atomic mass is 10.3. The van der Waals surface area contributed by atoms with Crippen LogP contribution in [0.2, 0.25) is 0 Å². The molecule has 18 heavy (non-hydrogen) atoms. The van der Waals surface area contributed by atoms with Gasteiger partial charge in [-0.2, -0.15) is 4.31 Å². The molecular formula is C10H18ClN3O3S. The maximum atomic E-state index is 12.4. The van der Waals surface area contributed by atoms with Crippen LogP contribution in [0, 0.1) is 13.8 Å². The SMILES string of the molecule is Cc1noc(C)c1S(=O)(=O)N1CCN[C@@H](C)C1.Cl. The molecule has 1 aromatic rings. The molecular weight excluding hydrogens is 278 g/mol. The van der Waals surface area contributed by atoms with Gasteiger partial charge in [0.25, 0.3) is 0 Å². The molecule has 1 N–H and O–H groups in total. The van der Waals surface area contributed by atoms with Crippen molar-refractivity contribution in [1.29, 1.82) is 0 Å². The topological polar surface area (TPSA) is 75.4 Å². The summed E-state index contributed by atoms with van der Waals surface area (Å²) in [7, 11) is -3.48. The van der Waals surface area contributed by atoms with Gasteiger partial charge in [-0.05, 0) is 20.8 Å². The van der Waals surface area contributed by atoms with Gasteiger partial charge in [0.2, 0.25) is 10.0 Å². The van der Waals surface area contributed by atoms with E-state index in [1.165, 1.54) is 4.31 Å². The lowest BCUT2D eigenvalue weighted by Crippen LogP contribution is -2.51. The highest BCUT2D eigenvalue weighted by molar-refractivity contribution is 7.89. The zero-order valence-electron chi connectivity index (χ0n) is 10.6. The highest BCUT2D eigenvalue weighted by atomic mass is 35.5. The van der Waals surface area contributed by atoms with Crippen LogP contribution in [0.5, 0.6) is 0 Å². The van der Waals surface area contributed by atoms with E-state index in [0.29, 0.717) is 31.1 Å². The maximum absolute atomic E-state index is 12.4. The minimum absolute atomic E-state index is 0. The molecule has 0 aliphatic carbocycles. The zero-order valence-corrected chi connectivity index (χ0v) is 12.3. The molecule has 1 aliphatic heterocycles. The van der Waals surface area contributed by atoms with E-state index in [4.69, 9.17) is 4.52 Å². The molecule has 6 nitrogen and oxygen atoms in total. The fourth-order valence-corrected chi connectivity index (χ4v) is 3.91. The van der Waals surface area contributed by atoms with Crippen molar-refractivity contribution in [2.24, 2.45) is 0 Å². The van der Waals surface area contributed by atoms with Crippen molar-refractivity contribution in [2.75, 3.05) is 19.6 Å². The van der Waals surface area contributed by atoms with Crippen LogP contribution < -0.4 is 5.32 Å². The van der Waals surface area contributed by atoms with Crippen LogP contribution in [-0.2, 0) is 10.0 Å². The predicted molar refractivity (Wildman–Crippen MR) is 69.4 cm³/mol. The van der Waals surface area contributed by atoms with Crippen molar-refractivity contribution in [3.05, 3.63) is 11.5 Å². The highest BCUT2D eigenvalue weighted by Crippen LogP contribution is 2.23. The third-order valence-corrected chi connectivity index (χ3v) is 5.01. The lowest BCUT2D eigenvalue weighted by molar-refractivity contribution is 0.309. The van der Waals surface area contributed by atoms with Crippen molar-refractivity contribution >= 4 is 22.4 Å². The largest absolute Gasteiger partial charge is 0.360 e. The number of nitrogens with zero attached hydrogens (tertiary/aromatic N) is 2. The van der Waals surface area contributed by atoms with Crippen LogP contribution in [-0.4, -0.2) is 43.6 Å². The molecule has 0 bridgehead atoms. The van der Waals surface area contributed by atoms with Gasteiger partial charge in [0, 0.05) is 25.7 Å². The molecule has 1 atom stereocenters. The Balaban J connectivity index is 0.00000162. The second-order valence-corrected chi connectivity index (χ2v) is 6.25. The summed E-state index contributed by atoms with van der Waals surface area (Å²) in [5.41, 5.74) is 0.425. The maximum Gasteiger partial charge on any atom is 0.248 e. The van der Waals surface area contributed by atoms with Gasteiger partial charge in [-0.25, -0.2) is 8.42 Å². The Hall–Kier alpha value is -0.630. The Morgan fingerprint density at radius 1 is 1.44 bits per heavy atom. The Bertz CT molecular complexity index is 495. The molecule has 2 rings (SSSR count). The summed E-state index contributed by atoms with van der Waals surface area (Å²) >= 11 is 0. The van der Waals surface area contributed by atoms with Crippen LogP contribution in [0.4, 0.5) is 0 Å². The number of sulfonamides is 1. The van der Waals surface area contributed by atoms with E-state index in [9.17, 15) is 8.42 Å². The summed E-state index contributed by atoms with van der Waals surface area (Å²) in [6.45, 7) is 6.87. The minimum Gasteiger partial charge on any atom is -0.360 e. The summed E-state index contributed by atoms with van der Waals surface area (Å²) in [5, 5.41) is 6.91. The summed E-state index contributed by atoms with van der Waals surface area (Å²) in [6, 6.07) is 0.166. The van der Waals surface area contributed by atoms with Crippen LogP contribution >= 0.6 is 12.4 Å². The van der Waals surface area contributed by atoms with E-state index in [1.54, 1.807) is 13.8 Å². The number of aryl methyl sites for hydroxylation is 2. The number of rotatable bonds is 2. The van der Waals surface area contributed by atoms with Crippen molar-refractivity contribution in [3.8, 4) is 0 Å². The molecule has 1 aliphatic rings. The average molecular weight is 296 g/mol. The van der Waals surface area contributed by atoms with Gasteiger partial charge in [0.15, 0.2) is 5.76 Å². The first-order chi connectivity index (χ1) is 7.93. The molecule has 0 saturated carbocycles. The molecule has 0 spiro atoms. The molecule has 0 unspecified atom stereocenters.